The Morgan fingerprint density at radius 3 is 2.40 bits per heavy atom. The molecule has 3 rings (SSSR count). The number of thiophene rings is 1. The maximum absolute atomic E-state index is 6.21. The van der Waals surface area contributed by atoms with Gasteiger partial charge in [-0.1, -0.05) is 49.7 Å². The third-order valence-electron chi connectivity index (χ3n) is 3.25. The first kappa shape index (κ1) is 13.8. The van der Waals surface area contributed by atoms with Gasteiger partial charge in [-0.15, -0.1) is 11.3 Å². The largest absolute Gasteiger partial charge is 0.225 e. The quantitative estimate of drug-likeness (QED) is 0.441. The van der Waals surface area contributed by atoms with Crippen molar-refractivity contribution >= 4 is 44.8 Å². The van der Waals surface area contributed by atoms with Gasteiger partial charge in [-0.25, -0.2) is 9.97 Å². The van der Waals surface area contributed by atoms with Gasteiger partial charge in [0.25, 0.3) is 0 Å². The monoisotopic (exact) mass is 322 g/mol. The predicted octanol–water partition coefficient (Wildman–Crippen LogP) is 5.79. The van der Waals surface area contributed by atoms with Crippen LogP contribution in [-0.4, -0.2) is 9.97 Å². The van der Waals surface area contributed by atoms with Gasteiger partial charge in [-0.2, -0.15) is 0 Å². The van der Waals surface area contributed by atoms with Gasteiger partial charge in [0.1, 0.15) is 9.98 Å². The molecule has 2 heterocycles. The minimum absolute atomic E-state index is 0.186. The van der Waals surface area contributed by atoms with Gasteiger partial charge < -0.3 is 0 Å². The standard InChI is InChI=1S/C15H12Cl2N2S/c1-8(2)9-3-5-10(6-4-9)11-7-20-14-12(11)13(16)18-15(17)19-14/h3-8H,1-2H3. The number of nitrogens with zero attached hydrogens (tertiary/aromatic N) is 2. The van der Waals surface area contributed by atoms with Crippen LogP contribution in [0.25, 0.3) is 21.3 Å². The summed E-state index contributed by atoms with van der Waals surface area (Å²) in [6.07, 6.45) is 0. The van der Waals surface area contributed by atoms with Crippen molar-refractivity contribution in [2.75, 3.05) is 0 Å². The average molecular weight is 323 g/mol. The highest BCUT2D eigenvalue weighted by Gasteiger charge is 2.13. The molecule has 0 bridgehead atoms. The van der Waals surface area contributed by atoms with E-state index in [0.717, 1.165) is 21.3 Å². The van der Waals surface area contributed by atoms with Crippen molar-refractivity contribution in [3.8, 4) is 11.1 Å². The Morgan fingerprint density at radius 2 is 1.75 bits per heavy atom. The fourth-order valence-corrected chi connectivity index (χ4v) is 3.67. The second-order valence-electron chi connectivity index (χ2n) is 4.89. The molecule has 102 valence electrons. The normalized spacial score (nSPS) is 11.4. The van der Waals surface area contributed by atoms with E-state index in [1.54, 1.807) is 0 Å². The lowest BCUT2D eigenvalue weighted by molar-refractivity contribution is 0.867. The number of rotatable bonds is 2. The zero-order chi connectivity index (χ0) is 14.3. The zero-order valence-electron chi connectivity index (χ0n) is 11.0. The lowest BCUT2D eigenvalue weighted by atomic mass is 9.99. The number of aromatic nitrogens is 2. The second kappa shape index (κ2) is 5.32. The Labute approximate surface area is 131 Å². The molecule has 0 saturated carbocycles. The third kappa shape index (κ3) is 2.41. The van der Waals surface area contributed by atoms with Crippen molar-refractivity contribution < 1.29 is 0 Å². The fourth-order valence-electron chi connectivity index (χ4n) is 2.14. The molecule has 0 radical (unpaired) electrons. The molecular weight excluding hydrogens is 311 g/mol. The number of fused-ring (bicyclic) bond motifs is 1. The van der Waals surface area contributed by atoms with Crippen molar-refractivity contribution in [3.63, 3.8) is 0 Å². The van der Waals surface area contributed by atoms with E-state index in [9.17, 15) is 0 Å². The van der Waals surface area contributed by atoms with Crippen molar-refractivity contribution in [2.45, 2.75) is 19.8 Å². The molecule has 0 unspecified atom stereocenters. The molecule has 0 aliphatic rings. The van der Waals surface area contributed by atoms with E-state index in [2.05, 4.69) is 48.1 Å². The molecular formula is C15H12Cl2N2S. The summed E-state index contributed by atoms with van der Waals surface area (Å²) < 4.78 is 0. The molecule has 0 saturated heterocycles. The number of benzene rings is 1. The maximum Gasteiger partial charge on any atom is 0.225 e. The molecule has 0 aliphatic heterocycles. The topological polar surface area (TPSA) is 25.8 Å². The van der Waals surface area contributed by atoms with Crippen LogP contribution in [0.3, 0.4) is 0 Å². The Morgan fingerprint density at radius 1 is 1.05 bits per heavy atom. The first-order valence-electron chi connectivity index (χ1n) is 6.27. The second-order valence-corrected chi connectivity index (χ2v) is 6.44. The maximum atomic E-state index is 6.21. The zero-order valence-corrected chi connectivity index (χ0v) is 13.4. The number of hydrogen-bond donors (Lipinski definition) is 0. The van der Waals surface area contributed by atoms with Crippen LogP contribution in [0.1, 0.15) is 25.3 Å². The van der Waals surface area contributed by atoms with E-state index in [1.807, 2.05) is 5.38 Å². The summed E-state index contributed by atoms with van der Waals surface area (Å²) in [4.78, 5) is 9.07. The molecule has 0 fully saturated rings. The van der Waals surface area contributed by atoms with Crippen molar-refractivity contribution in [2.24, 2.45) is 0 Å². The van der Waals surface area contributed by atoms with Crippen molar-refractivity contribution in [1.82, 2.24) is 9.97 Å². The molecule has 0 N–H and O–H groups in total. The summed E-state index contributed by atoms with van der Waals surface area (Å²) >= 11 is 13.6. The average Bonchev–Trinajstić information content (AvgIpc) is 2.82. The van der Waals surface area contributed by atoms with E-state index in [4.69, 9.17) is 23.2 Å². The molecule has 2 aromatic heterocycles. The summed E-state index contributed by atoms with van der Waals surface area (Å²) in [5.41, 5.74) is 3.49. The first-order valence-corrected chi connectivity index (χ1v) is 7.90. The summed E-state index contributed by atoms with van der Waals surface area (Å²) in [7, 11) is 0. The van der Waals surface area contributed by atoms with Gasteiger partial charge in [0.2, 0.25) is 5.28 Å². The SMILES string of the molecule is CC(C)c1ccc(-c2csc3nc(Cl)nc(Cl)c23)cc1. The molecule has 2 nitrogen and oxygen atoms in total. The lowest BCUT2D eigenvalue weighted by Crippen LogP contribution is -1.87. The summed E-state index contributed by atoms with van der Waals surface area (Å²) in [6, 6.07) is 8.52. The van der Waals surface area contributed by atoms with Gasteiger partial charge in [0.05, 0.1) is 5.39 Å². The van der Waals surface area contributed by atoms with Crippen LogP contribution in [0, 0.1) is 0 Å². The van der Waals surface area contributed by atoms with Crippen LogP contribution in [0.15, 0.2) is 29.6 Å². The minimum atomic E-state index is 0.186. The van der Waals surface area contributed by atoms with Gasteiger partial charge in [-0.05, 0) is 28.6 Å². The Hall–Kier alpha value is -1.16. The van der Waals surface area contributed by atoms with Gasteiger partial charge >= 0.3 is 0 Å². The van der Waals surface area contributed by atoms with Gasteiger partial charge in [-0.3, -0.25) is 0 Å². The van der Waals surface area contributed by atoms with E-state index in [0.29, 0.717) is 11.1 Å². The fraction of sp³-hybridized carbons (Fsp3) is 0.200. The number of halogens is 2. The van der Waals surface area contributed by atoms with Crippen LogP contribution in [0.2, 0.25) is 10.4 Å². The number of hydrogen-bond acceptors (Lipinski definition) is 3. The van der Waals surface area contributed by atoms with Crippen LogP contribution >= 0.6 is 34.5 Å². The Bertz CT molecular complexity index is 763. The lowest BCUT2D eigenvalue weighted by Gasteiger charge is -2.06. The molecule has 0 atom stereocenters. The molecule has 5 heteroatoms. The van der Waals surface area contributed by atoms with E-state index in [1.165, 1.54) is 16.9 Å². The highest BCUT2D eigenvalue weighted by Crippen LogP contribution is 2.37. The third-order valence-corrected chi connectivity index (χ3v) is 4.57. The highest BCUT2D eigenvalue weighted by molar-refractivity contribution is 7.17. The van der Waals surface area contributed by atoms with Gasteiger partial charge in [0, 0.05) is 10.9 Å². The van der Waals surface area contributed by atoms with Crippen molar-refractivity contribution in [1.29, 1.82) is 0 Å². The minimum Gasteiger partial charge on any atom is -0.207 e. The smallest absolute Gasteiger partial charge is 0.207 e. The van der Waals surface area contributed by atoms with Crippen molar-refractivity contribution in [3.05, 3.63) is 45.6 Å². The molecule has 3 aromatic rings. The molecule has 1 aromatic carbocycles. The summed E-state index contributed by atoms with van der Waals surface area (Å²) in [6.45, 7) is 4.36. The summed E-state index contributed by atoms with van der Waals surface area (Å²) in [5.74, 6) is 0.522. The highest BCUT2D eigenvalue weighted by atomic mass is 35.5. The van der Waals surface area contributed by atoms with Crippen LogP contribution in [-0.2, 0) is 0 Å². The van der Waals surface area contributed by atoms with Crippen LogP contribution in [0.5, 0.6) is 0 Å². The molecule has 0 spiro atoms. The molecule has 0 amide bonds. The molecule has 0 aliphatic carbocycles. The Balaban J connectivity index is 2.15. The summed E-state index contributed by atoms with van der Waals surface area (Å²) in [5, 5.41) is 3.51. The van der Waals surface area contributed by atoms with Crippen LogP contribution < -0.4 is 0 Å². The van der Waals surface area contributed by atoms with E-state index in [-0.39, 0.29) is 5.28 Å². The predicted molar refractivity (Wildman–Crippen MR) is 87.0 cm³/mol. The van der Waals surface area contributed by atoms with E-state index >= 15 is 0 Å². The van der Waals surface area contributed by atoms with Gasteiger partial charge in [0.15, 0.2) is 0 Å². The first-order chi connectivity index (χ1) is 9.56. The molecule has 20 heavy (non-hydrogen) atoms. The van der Waals surface area contributed by atoms with E-state index < -0.39 is 0 Å². The van der Waals surface area contributed by atoms with Crippen LogP contribution in [0.4, 0.5) is 0 Å². The Kier molecular flexibility index (Phi) is 3.67.